The monoisotopic (exact) mass is 306 g/mol. The normalized spacial score (nSPS) is 10.0. The molecule has 3 N–H and O–H groups in total. The van der Waals surface area contributed by atoms with Crippen LogP contribution in [-0.4, -0.2) is 20.1 Å². The minimum atomic E-state index is -0.390. The number of carbonyl (C=O) groups excluding carboxylic acids is 1. The number of nitrogen functional groups attached to an aromatic ring is 1. The molecular weight excluding hydrogens is 292 g/mol. The predicted molar refractivity (Wildman–Crippen MR) is 83.4 cm³/mol. The summed E-state index contributed by atoms with van der Waals surface area (Å²) in [4.78, 5) is 12.5. The van der Waals surface area contributed by atoms with Crippen LogP contribution in [0.4, 0.5) is 11.4 Å². The van der Waals surface area contributed by atoms with Crippen molar-refractivity contribution in [2.75, 3.05) is 25.3 Å². The van der Waals surface area contributed by atoms with Crippen LogP contribution in [0, 0.1) is 0 Å². The molecule has 0 fully saturated rings. The molecule has 0 aliphatic carbocycles. The number of hydrogen-bond donors (Lipinski definition) is 2. The van der Waals surface area contributed by atoms with Crippen molar-refractivity contribution in [1.82, 2.24) is 0 Å². The standard InChI is InChI=1S/C15H15ClN2O3/c1-20-12-4-3-5-13(21-2)14(12)15(19)18-11-8-9(16)6-7-10(11)17/h3-8H,17H2,1-2H3,(H,18,19). The van der Waals surface area contributed by atoms with Crippen LogP contribution in [0.3, 0.4) is 0 Å². The summed E-state index contributed by atoms with van der Waals surface area (Å²) >= 11 is 5.91. The number of benzene rings is 2. The Morgan fingerprint density at radius 2 is 1.76 bits per heavy atom. The van der Waals surface area contributed by atoms with Crippen molar-refractivity contribution in [1.29, 1.82) is 0 Å². The molecule has 0 atom stereocenters. The van der Waals surface area contributed by atoms with E-state index in [1.807, 2.05) is 0 Å². The first-order valence-corrected chi connectivity index (χ1v) is 6.52. The van der Waals surface area contributed by atoms with Crippen molar-refractivity contribution in [3.63, 3.8) is 0 Å². The van der Waals surface area contributed by atoms with Gasteiger partial charge in [-0.1, -0.05) is 17.7 Å². The molecule has 5 nitrogen and oxygen atoms in total. The van der Waals surface area contributed by atoms with Crippen molar-refractivity contribution in [2.45, 2.75) is 0 Å². The summed E-state index contributed by atoms with van der Waals surface area (Å²) in [7, 11) is 2.97. The highest BCUT2D eigenvalue weighted by Crippen LogP contribution is 2.30. The Morgan fingerprint density at radius 1 is 1.14 bits per heavy atom. The van der Waals surface area contributed by atoms with Crippen LogP contribution in [0.15, 0.2) is 36.4 Å². The Balaban J connectivity index is 2.38. The Kier molecular flexibility index (Phi) is 4.55. The van der Waals surface area contributed by atoms with E-state index in [0.29, 0.717) is 33.5 Å². The molecule has 110 valence electrons. The van der Waals surface area contributed by atoms with Crippen molar-refractivity contribution < 1.29 is 14.3 Å². The number of hydrogen-bond acceptors (Lipinski definition) is 4. The average molecular weight is 307 g/mol. The molecule has 21 heavy (non-hydrogen) atoms. The van der Waals surface area contributed by atoms with Crippen molar-refractivity contribution in [2.24, 2.45) is 0 Å². The Bertz CT molecular complexity index is 652. The van der Waals surface area contributed by atoms with E-state index >= 15 is 0 Å². The second kappa shape index (κ2) is 6.37. The van der Waals surface area contributed by atoms with Crippen LogP contribution < -0.4 is 20.5 Å². The lowest BCUT2D eigenvalue weighted by atomic mass is 10.1. The zero-order chi connectivity index (χ0) is 15.4. The third-order valence-electron chi connectivity index (χ3n) is 2.92. The number of nitrogens with one attached hydrogen (secondary N) is 1. The number of ether oxygens (including phenoxy) is 2. The fourth-order valence-corrected chi connectivity index (χ4v) is 2.07. The van der Waals surface area contributed by atoms with Gasteiger partial charge in [0, 0.05) is 5.02 Å². The van der Waals surface area contributed by atoms with E-state index in [0.717, 1.165) is 0 Å². The average Bonchev–Trinajstić information content (AvgIpc) is 2.49. The van der Waals surface area contributed by atoms with Gasteiger partial charge in [-0.3, -0.25) is 4.79 Å². The summed E-state index contributed by atoms with van der Waals surface area (Å²) in [5.74, 6) is 0.429. The maximum Gasteiger partial charge on any atom is 0.263 e. The Morgan fingerprint density at radius 3 is 2.33 bits per heavy atom. The first-order valence-electron chi connectivity index (χ1n) is 6.14. The van der Waals surface area contributed by atoms with Gasteiger partial charge in [-0.25, -0.2) is 0 Å². The lowest BCUT2D eigenvalue weighted by molar-refractivity contribution is 0.102. The zero-order valence-corrected chi connectivity index (χ0v) is 12.4. The van der Waals surface area contributed by atoms with Gasteiger partial charge >= 0.3 is 0 Å². The maximum atomic E-state index is 12.5. The van der Waals surface area contributed by atoms with Gasteiger partial charge in [0.2, 0.25) is 0 Å². The van der Waals surface area contributed by atoms with Gasteiger partial charge in [0.25, 0.3) is 5.91 Å². The van der Waals surface area contributed by atoms with Crippen LogP contribution >= 0.6 is 11.6 Å². The number of amides is 1. The van der Waals surface area contributed by atoms with Gasteiger partial charge in [-0.15, -0.1) is 0 Å². The molecule has 0 bridgehead atoms. The molecule has 2 rings (SSSR count). The Hall–Kier alpha value is -2.40. The van der Waals surface area contributed by atoms with Crippen molar-refractivity contribution in [3.05, 3.63) is 47.0 Å². The largest absolute Gasteiger partial charge is 0.496 e. The van der Waals surface area contributed by atoms with Crippen molar-refractivity contribution >= 4 is 28.9 Å². The molecule has 6 heteroatoms. The highest BCUT2D eigenvalue weighted by molar-refractivity contribution is 6.31. The van der Waals surface area contributed by atoms with E-state index < -0.39 is 5.91 Å². The topological polar surface area (TPSA) is 73.6 Å². The van der Waals surface area contributed by atoms with E-state index in [-0.39, 0.29) is 0 Å². The van der Waals surface area contributed by atoms with Gasteiger partial charge in [0.05, 0.1) is 25.6 Å². The molecule has 0 aromatic heterocycles. The van der Waals surface area contributed by atoms with E-state index in [1.165, 1.54) is 14.2 Å². The molecule has 0 heterocycles. The zero-order valence-electron chi connectivity index (χ0n) is 11.6. The summed E-state index contributed by atoms with van der Waals surface area (Å²) in [5.41, 5.74) is 6.96. The molecule has 0 spiro atoms. The van der Waals surface area contributed by atoms with Crippen LogP contribution in [0.2, 0.25) is 5.02 Å². The molecule has 1 amide bonds. The number of rotatable bonds is 4. The quantitative estimate of drug-likeness (QED) is 0.851. The molecular formula is C15H15ClN2O3. The fourth-order valence-electron chi connectivity index (χ4n) is 1.90. The minimum Gasteiger partial charge on any atom is -0.496 e. The van der Waals surface area contributed by atoms with Crippen LogP contribution in [0.1, 0.15) is 10.4 Å². The second-order valence-electron chi connectivity index (χ2n) is 4.22. The lowest BCUT2D eigenvalue weighted by Crippen LogP contribution is -2.15. The molecule has 2 aromatic rings. The minimum absolute atomic E-state index is 0.293. The molecule has 2 aromatic carbocycles. The van der Waals surface area contributed by atoms with E-state index in [2.05, 4.69) is 5.32 Å². The first-order chi connectivity index (χ1) is 10.1. The predicted octanol–water partition coefficient (Wildman–Crippen LogP) is 3.19. The third-order valence-corrected chi connectivity index (χ3v) is 3.15. The fraction of sp³-hybridized carbons (Fsp3) is 0.133. The Labute approximate surface area is 127 Å². The van der Waals surface area contributed by atoms with Gasteiger partial charge in [0.15, 0.2) is 0 Å². The van der Waals surface area contributed by atoms with Gasteiger partial charge in [-0.05, 0) is 30.3 Å². The van der Waals surface area contributed by atoms with Gasteiger partial charge < -0.3 is 20.5 Å². The van der Waals surface area contributed by atoms with Crippen LogP contribution in [0.25, 0.3) is 0 Å². The summed E-state index contributed by atoms with van der Waals surface area (Å²) in [6.07, 6.45) is 0. The highest BCUT2D eigenvalue weighted by Gasteiger charge is 2.19. The van der Waals surface area contributed by atoms with Crippen molar-refractivity contribution in [3.8, 4) is 11.5 Å². The van der Waals surface area contributed by atoms with Gasteiger partial charge in [0.1, 0.15) is 17.1 Å². The second-order valence-corrected chi connectivity index (χ2v) is 4.66. The number of halogens is 1. The van der Waals surface area contributed by atoms with Crippen LogP contribution in [0.5, 0.6) is 11.5 Å². The highest BCUT2D eigenvalue weighted by atomic mass is 35.5. The number of nitrogens with two attached hydrogens (primary N) is 1. The van der Waals surface area contributed by atoms with E-state index in [9.17, 15) is 4.79 Å². The number of methoxy groups -OCH3 is 2. The number of carbonyl (C=O) groups is 1. The van der Waals surface area contributed by atoms with E-state index in [1.54, 1.807) is 36.4 Å². The van der Waals surface area contributed by atoms with Crippen LogP contribution in [-0.2, 0) is 0 Å². The first kappa shape index (κ1) is 15.0. The van der Waals surface area contributed by atoms with Gasteiger partial charge in [-0.2, -0.15) is 0 Å². The number of anilines is 2. The van der Waals surface area contributed by atoms with E-state index in [4.69, 9.17) is 26.8 Å². The molecule has 0 aliphatic rings. The molecule has 0 aliphatic heterocycles. The molecule has 0 saturated heterocycles. The summed E-state index contributed by atoms with van der Waals surface area (Å²) in [5, 5.41) is 3.19. The molecule has 0 radical (unpaired) electrons. The SMILES string of the molecule is COc1cccc(OC)c1C(=O)Nc1cc(Cl)ccc1N. The third kappa shape index (κ3) is 3.20. The summed E-state index contributed by atoms with van der Waals surface area (Å²) in [6.45, 7) is 0. The molecule has 0 saturated carbocycles. The summed E-state index contributed by atoms with van der Waals surface area (Å²) < 4.78 is 10.4. The smallest absolute Gasteiger partial charge is 0.263 e. The lowest BCUT2D eigenvalue weighted by Gasteiger charge is -2.14. The maximum absolute atomic E-state index is 12.5. The molecule has 0 unspecified atom stereocenters. The summed E-state index contributed by atoms with van der Waals surface area (Å²) in [6, 6.07) is 9.95.